The van der Waals surface area contributed by atoms with Gasteiger partial charge in [-0.1, -0.05) is 57.6 Å². The molecule has 0 aliphatic heterocycles. The van der Waals surface area contributed by atoms with Crippen LogP contribution in [0.25, 0.3) is 11.4 Å². The minimum Gasteiger partial charge on any atom is -0.495 e. The predicted molar refractivity (Wildman–Crippen MR) is 128 cm³/mol. The number of nitrogens with zero attached hydrogens (tertiary/aromatic N) is 3. The van der Waals surface area contributed by atoms with Gasteiger partial charge in [-0.3, -0.25) is 9.89 Å². The molecule has 7 nitrogen and oxygen atoms in total. The number of fused-ring (bicyclic) bond motifs is 1. The Kier molecular flexibility index (Phi) is 8.61. The van der Waals surface area contributed by atoms with E-state index in [4.69, 9.17) is 4.74 Å². The molecule has 0 saturated heterocycles. The lowest BCUT2D eigenvalue weighted by atomic mass is 10.1. The van der Waals surface area contributed by atoms with Crippen LogP contribution in [-0.2, 0) is 6.54 Å². The first-order chi connectivity index (χ1) is 14.5. The van der Waals surface area contributed by atoms with Crippen molar-refractivity contribution in [2.75, 3.05) is 12.4 Å². The summed E-state index contributed by atoms with van der Waals surface area (Å²) < 4.78 is 6.74. The molecule has 0 bridgehead atoms. The van der Waals surface area contributed by atoms with Crippen molar-refractivity contribution >= 4 is 17.0 Å². The zero-order chi connectivity index (χ0) is 21.5. The number of ether oxygens (including phenoxy) is 1. The molecule has 0 aliphatic carbocycles. The summed E-state index contributed by atoms with van der Waals surface area (Å²) in [6.07, 6.45) is 7.04. The summed E-state index contributed by atoms with van der Waals surface area (Å²) in [5.41, 5.74) is 3.62. The molecule has 0 atom stereocenters. The van der Waals surface area contributed by atoms with Gasteiger partial charge in [0.1, 0.15) is 5.75 Å². The number of rotatable bonds is 9. The Hall–Kier alpha value is -3.35. The number of anilines is 1. The Bertz CT molecular complexity index is 1120. The number of allylic oxidation sites excluding steroid dienone is 4. The van der Waals surface area contributed by atoms with Gasteiger partial charge < -0.3 is 10.1 Å². The molecular weight excluding hydrogens is 390 g/mol. The topological polar surface area (TPSA) is 84.3 Å². The summed E-state index contributed by atoms with van der Waals surface area (Å²) in [6.45, 7) is 6.75. The van der Waals surface area contributed by atoms with E-state index in [1.807, 2.05) is 24.3 Å². The maximum Gasteiger partial charge on any atom is 0.274 e. The van der Waals surface area contributed by atoms with Crippen LogP contribution in [0.4, 0.5) is 5.69 Å². The van der Waals surface area contributed by atoms with Crippen LogP contribution in [0.15, 0.2) is 52.9 Å². The highest BCUT2D eigenvalue weighted by Crippen LogP contribution is 2.23. The zero-order valence-electron chi connectivity index (χ0n) is 18.0. The van der Waals surface area contributed by atoms with E-state index < -0.39 is 0 Å². The van der Waals surface area contributed by atoms with E-state index in [1.165, 1.54) is 16.2 Å². The minimum atomic E-state index is -0.188. The first kappa shape index (κ1) is 23.9. The number of aromatic nitrogens is 4. The molecule has 2 aromatic heterocycles. The Morgan fingerprint density at radius 2 is 2.00 bits per heavy atom. The molecule has 31 heavy (non-hydrogen) atoms. The fourth-order valence-electron chi connectivity index (χ4n) is 3.05. The first-order valence-electron chi connectivity index (χ1n) is 10.3. The van der Waals surface area contributed by atoms with Gasteiger partial charge in [0.15, 0.2) is 5.82 Å². The van der Waals surface area contributed by atoms with Crippen LogP contribution in [0.3, 0.4) is 0 Å². The predicted octanol–water partition coefficient (Wildman–Crippen LogP) is 5.21. The van der Waals surface area contributed by atoms with Crippen molar-refractivity contribution in [3.63, 3.8) is 0 Å². The summed E-state index contributed by atoms with van der Waals surface area (Å²) in [4.78, 5) is 21.8. The molecule has 166 valence electrons. The molecule has 0 spiro atoms. The maximum atomic E-state index is 12.6. The highest BCUT2D eigenvalue weighted by atomic mass is 16.5. The number of H-pyrrole nitrogens is 1. The quantitative estimate of drug-likeness (QED) is 0.461. The van der Waals surface area contributed by atoms with Gasteiger partial charge in [-0.2, -0.15) is 9.50 Å². The fourth-order valence-corrected chi connectivity index (χ4v) is 3.05. The standard InChI is InChI=1S/C23H29N5O2.CH4/c1-5-9-17(13-12-16(3)6-2)22-26-23-25-18(14-21(29)28(23)27-22)15-24-19-10-7-8-11-20(19)30-4;/h7-8,10-14,24H,5-6,9,15H2,1-4H3,(H,25,26,27);1H4/b16-12-,17-13+;. The molecule has 3 rings (SSSR count). The number of methoxy groups -OCH3 is 1. The van der Waals surface area contributed by atoms with Gasteiger partial charge in [0.25, 0.3) is 11.3 Å². The number of aromatic amines is 1. The second-order valence-electron chi connectivity index (χ2n) is 7.16. The van der Waals surface area contributed by atoms with Gasteiger partial charge in [-0.15, -0.1) is 0 Å². The van der Waals surface area contributed by atoms with E-state index in [0.29, 0.717) is 23.8 Å². The van der Waals surface area contributed by atoms with E-state index in [9.17, 15) is 4.79 Å². The van der Waals surface area contributed by atoms with Crippen LogP contribution >= 0.6 is 0 Å². The molecule has 7 heteroatoms. The number of nitrogens with one attached hydrogen (secondary N) is 2. The molecule has 1 aromatic carbocycles. The summed E-state index contributed by atoms with van der Waals surface area (Å²) >= 11 is 0. The van der Waals surface area contributed by atoms with Crippen molar-refractivity contribution in [1.82, 2.24) is 19.6 Å². The average Bonchev–Trinajstić information content (AvgIpc) is 3.19. The summed E-state index contributed by atoms with van der Waals surface area (Å²) in [6, 6.07) is 9.15. The van der Waals surface area contributed by atoms with Crippen molar-refractivity contribution in [3.05, 3.63) is 69.9 Å². The van der Waals surface area contributed by atoms with Crippen molar-refractivity contribution in [3.8, 4) is 5.75 Å². The Morgan fingerprint density at radius 3 is 2.71 bits per heavy atom. The van der Waals surface area contributed by atoms with Gasteiger partial charge in [-0.05, 0) is 37.5 Å². The average molecular weight is 424 g/mol. The van der Waals surface area contributed by atoms with Crippen molar-refractivity contribution in [2.24, 2.45) is 0 Å². The molecule has 2 heterocycles. The van der Waals surface area contributed by atoms with Crippen LogP contribution < -0.4 is 15.6 Å². The third-order valence-electron chi connectivity index (χ3n) is 4.90. The van der Waals surface area contributed by atoms with Crippen molar-refractivity contribution in [1.29, 1.82) is 0 Å². The number of hydrogen-bond acceptors (Lipinski definition) is 5. The number of para-hydroxylation sites is 2. The van der Waals surface area contributed by atoms with Gasteiger partial charge >= 0.3 is 0 Å². The van der Waals surface area contributed by atoms with Gasteiger partial charge in [0.05, 0.1) is 25.0 Å². The van der Waals surface area contributed by atoms with Crippen molar-refractivity contribution < 1.29 is 4.74 Å². The molecular formula is C24H33N5O2. The highest BCUT2D eigenvalue weighted by molar-refractivity contribution is 5.63. The van der Waals surface area contributed by atoms with Crippen LogP contribution in [0, 0.1) is 0 Å². The largest absolute Gasteiger partial charge is 0.495 e. The molecule has 0 radical (unpaired) electrons. The van der Waals surface area contributed by atoms with Crippen LogP contribution in [0.2, 0.25) is 0 Å². The zero-order valence-corrected chi connectivity index (χ0v) is 18.0. The van der Waals surface area contributed by atoms with E-state index in [-0.39, 0.29) is 13.0 Å². The van der Waals surface area contributed by atoms with Crippen molar-refractivity contribution in [2.45, 2.75) is 54.0 Å². The smallest absolute Gasteiger partial charge is 0.274 e. The third kappa shape index (κ3) is 5.84. The SMILES string of the molecule is C.CCC/C(=C\C=C(\C)CC)c1nc2nc(CNc3ccccc3OC)cc(=O)n2[nH]1. The van der Waals surface area contributed by atoms with E-state index in [2.05, 4.69) is 53.3 Å². The second-order valence-corrected chi connectivity index (χ2v) is 7.16. The highest BCUT2D eigenvalue weighted by Gasteiger charge is 2.11. The lowest BCUT2D eigenvalue weighted by molar-refractivity contribution is 0.416. The van der Waals surface area contributed by atoms with E-state index >= 15 is 0 Å². The van der Waals surface area contributed by atoms with Gasteiger partial charge in [-0.25, -0.2) is 4.98 Å². The lowest BCUT2D eigenvalue weighted by Gasteiger charge is -2.10. The number of hydrogen-bond donors (Lipinski definition) is 2. The molecule has 0 aliphatic rings. The first-order valence-corrected chi connectivity index (χ1v) is 10.3. The lowest BCUT2D eigenvalue weighted by Crippen LogP contribution is -2.17. The van der Waals surface area contributed by atoms with E-state index in [0.717, 1.165) is 36.3 Å². The van der Waals surface area contributed by atoms with Crippen LogP contribution in [0.5, 0.6) is 5.75 Å². The summed E-state index contributed by atoms with van der Waals surface area (Å²) in [7, 11) is 1.63. The van der Waals surface area contributed by atoms with Gasteiger partial charge in [0, 0.05) is 6.07 Å². The summed E-state index contributed by atoms with van der Waals surface area (Å²) in [5.74, 6) is 1.78. The Morgan fingerprint density at radius 1 is 1.23 bits per heavy atom. The minimum absolute atomic E-state index is 0. The summed E-state index contributed by atoms with van der Waals surface area (Å²) in [5, 5.41) is 6.37. The third-order valence-corrected chi connectivity index (χ3v) is 4.90. The van der Waals surface area contributed by atoms with E-state index in [1.54, 1.807) is 7.11 Å². The van der Waals surface area contributed by atoms with Crippen LogP contribution in [-0.4, -0.2) is 26.7 Å². The molecule has 0 fully saturated rings. The maximum absolute atomic E-state index is 12.6. The molecule has 0 saturated carbocycles. The van der Waals surface area contributed by atoms with Gasteiger partial charge in [0.2, 0.25) is 0 Å². The molecule has 2 N–H and O–H groups in total. The van der Waals surface area contributed by atoms with Crippen LogP contribution in [0.1, 0.15) is 59.0 Å². The normalized spacial score (nSPS) is 12.0. The molecule has 0 amide bonds. The second kappa shape index (κ2) is 11.2. The number of benzene rings is 1. The monoisotopic (exact) mass is 423 g/mol. The fraction of sp³-hybridized carbons (Fsp3) is 0.375. The Labute approximate surface area is 183 Å². The molecule has 0 unspecified atom stereocenters. The molecule has 3 aromatic rings. The Balaban J connectivity index is 0.00000341.